The van der Waals surface area contributed by atoms with Crippen molar-refractivity contribution in [3.63, 3.8) is 0 Å². The minimum Gasteiger partial charge on any atom is -0.478 e. The molecule has 1 aliphatic heterocycles. The van der Waals surface area contributed by atoms with E-state index in [0.717, 1.165) is 22.3 Å². The Bertz CT molecular complexity index is 1200. The Morgan fingerprint density at radius 1 is 1.03 bits per heavy atom. The molecule has 0 radical (unpaired) electrons. The van der Waals surface area contributed by atoms with E-state index in [0.29, 0.717) is 25.8 Å². The summed E-state index contributed by atoms with van der Waals surface area (Å²) < 4.78 is 0. The number of rotatable bonds is 8. The van der Waals surface area contributed by atoms with E-state index >= 15 is 0 Å². The Hall–Kier alpha value is -3.80. The molecular weight excluding hydrogens is 440 g/mol. The van der Waals surface area contributed by atoms with Crippen LogP contribution in [0.15, 0.2) is 78.0 Å². The standard InChI is InChI=1S/C29H30N2O4/c1-19-5-3-4-6-25(19)26(17-27(30-35)24-15-16-28(32)31(2)18-24)22-11-7-20(8-12-22)21-9-13-23(14-10-21)29(33)34/h3-14,24,26-27H,15-18H2,1-2H3,(H,33,34)/t24?,26-,27?/m1/s1. The molecule has 3 atom stereocenters. The van der Waals surface area contributed by atoms with Gasteiger partial charge < -0.3 is 10.0 Å². The first kappa shape index (κ1) is 24.3. The van der Waals surface area contributed by atoms with Gasteiger partial charge in [0.25, 0.3) is 0 Å². The number of carbonyl (C=O) groups excluding carboxylic acids is 1. The summed E-state index contributed by atoms with van der Waals surface area (Å²) in [5.41, 5.74) is 5.61. The van der Waals surface area contributed by atoms with Gasteiger partial charge in [-0.3, -0.25) is 4.79 Å². The van der Waals surface area contributed by atoms with Gasteiger partial charge in [-0.05, 0) is 59.7 Å². The largest absolute Gasteiger partial charge is 0.478 e. The van der Waals surface area contributed by atoms with Crippen molar-refractivity contribution >= 4 is 11.9 Å². The van der Waals surface area contributed by atoms with Crippen molar-refractivity contribution in [2.45, 2.75) is 38.1 Å². The SMILES string of the molecule is Cc1ccccc1[C@H](CC(N=O)C1CCC(=O)N(C)C1)c1ccc(-c2ccc(C(=O)O)cc2)cc1. The number of hydrogen-bond acceptors (Lipinski definition) is 4. The Morgan fingerprint density at radius 2 is 1.66 bits per heavy atom. The summed E-state index contributed by atoms with van der Waals surface area (Å²) in [5, 5.41) is 12.7. The minimum atomic E-state index is -0.945. The van der Waals surface area contributed by atoms with Gasteiger partial charge in [0.05, 0.1) is 11.6 Å². The van der Waals surface area contributed by atoms with Crippen LogP contribution in [0.1, 0.15) is 52.2 Å². The zero-order chi connectivity index (χ0) is 24.9. The molecule has 0 spiro atoms. The van der Waals surface area contributed by atoms with Crippen LogP contribution in [0.25, 0.3) is 11.1 Å². The summed E-state index contributed by atoms with van der Waals surface area (Å²) in [6.45, 7) is 2.64. The van der Waals surface area contributed by atoms with Crippen LogP contribution in [-0.2, 0) is 4.79 Å². The first-order valence-electron chi connectivity index (χ1n) is 11.9. The highest BCUT2D eigenvalue weighted by Crippen LogP contribution is 2.36. The van der Waals surface area contributed by atoms with Crippen LogP contribution in [0, 0.1) is 17.7 Å². The fourth-order valence-corrected chi connectivity index (χ4v) is 5.06. The average molecular weight is 471 g/mol. The average Bonchev–Trinajstić information content (AvgIpc) is 2.87. The van der Waals surface area contributed by atoms with Crippen LogP contribution in [0.3, 0.4) is 0 Å². The van der Waals surface area contributed by atoms with Crippen LogP contribution < -0.4 is 0 Å². The highest BCUT2D eigenvalue weighted by molar-refractivity contribution is 5.88. The van der Waals surface area contributed by atoms with Gasteiger partial charge in [0, 0.05) is 31.8 Å². The van der Waals surface area contributed by atoms with Crippen molar-refractivity contribution in [2.24, 2.45) is 11.1 Å². The van der Waals surface area contributed by atoms with E-state index < -0.39 is 12.0 Å². The summed E-state index contributed by atoms with van der Waals surface area (Å²) in [6.07, 6.45) is 1.72. The number of aryl methyl sites for hydroxylation is 1. The van der Waals surface area contributed by atoms with Gasteiger partial charge in [-0.2, -0.15) is 4.91 Å². The topological polar surface area (TPSA) is 87.0 Å². The highest BCUT2D eigenvalue weighted by atomic mass is 16.4. The molecular formula is C29H30N2O4. The third-order valence-electron chi connectivity index (χ3n) is 7.16. The molecule has 4 rings (SSSR count). The number of hydrogen-bond donors (Lipinski definition) is 1. The second kappa shape index (κ2) is 10.6. The van der Waals surface area contributed by atoms with Crippen LogP contribution in [0.5, 0.6) is 0 Å². The van der Waals surface area contributed by atoms with Crippen LogP contribution in [-0.4, -0.2) is 41.5 Å². The number of nitroso groups, excluding NO2 is 1. The molecule has 3 aromatic carbocycles. The summed E-state index contributed by atoms with van der Waals surface area (Å²) in [7, 11) is 1.79. The van der Waals surface area contributed by atoms with E-state index in [4.69, 9.17) is 5.11 Å². The zero-order valence-corrected chi connectivity index (χ0v) is 20.1. The quantitative estimate of drug-likeness (QED) is 0.416. The molecule has 1 N–H and O–H groups in total. The molecule has 2 unspecified atom stereocenters. The van der Waals surface area contributed by atoms with Gasteiger partial charge in [0.2, 0.25) is 5.91 Å². The van der Waals surface area contributed by atoms with Gasteiger partial charge in [-0.1, -0.05) is 65.8 Å². The zero-order valence-electron chi connectivity index (χ0n) is 20.1. The maximum atomic E-state index is 12.0. The molecule has 3 aromatic rings. The van der Waals surface area contributed by atoms with Crippen LogP contribution in [0.2, 0.25) is 0 Å². The molecule has 6 heteroatoms. The van der Waals surface area contributed by atoms with E-state index in [1.807, 2.05) is 36.4 Å². The van der Waals surface area contributed by atoms with Crippen molar-refractivity contribution in [2.75, 3.05) is 13.6 Å². The van der Waals surface area contributed by atoms with Crippen LogP contribution in [0.4, 0.5) is 0 Å². The van der Waals surface area contributed by atoms with E-state index in [2.05, 4.69) is 36.4 Å². The van der Waals surface area contributed by atoms with E-state index in [9.17, 15) is 14.5 Å². The fourth-order valence-electron chi connectivity index (χ4n) is 5.06. The monoisotopic (exact) mass is 470 g/mol. The van der Waals surface area contributed by atoms with Crippen molar-refractivity contribution in [3.8, 4) is 11.1 Å². The van der Waals surface area contributed by atoms with E-state index in [1.54, 1.807) is 24.1 Å². The summed E-state index contributed by atoms with van der Waals surface area (Å²) in [4.78, 5) is 36.8. The first-order valence-corrected chi connectivity index (χ1v) is 11.9. The molecule has 0 bridgehead atoms. The molecule has 1 fully saturated rings. The van der Waals surface area contributed by atoms with Gasteiger partial charge >= 0.3 is 5.97 Å². The Morgan fingerprint density at radius 3 is 2.23 bits per heavy atom. The fraction of sp³-hybridized carbons (Fsp3) is 0.310. The Labute approximate surface area is 205 Å². The van der Waals surface area contributed by atoms with Gasteiger partial charge in [-0.25, -0.2) is 4.79 Å². The van der Waals surface area contributed by atoms with Crippen molar-refractivity contribution in [3.05, 3.63) is 100.0 Å². The number of carboxylic acids is 1. The minimum absolute atomic E-state index is 0.00901. The number of benzene rings is 3. The number of likely N-dealkylation sites (tertiary alicyclic amines) is 1. The lowest BCUT2D eigenvalue weighted by Gasteiger charge is -2.33. The number of aromatic carboxylic acids is 1. The van der Waals surface area contributed by atoms with E-state index in [-0.39, 0.29) is 23.3 Å². The molecule has 1 amide bonds. The smallest absolute Gasteiger partial charge is 0.335 e. The Kier molecular flexibility index (Phi) is 7.39. The first-order chi connectivity index (χ1) is 16.9. The molecule has 6 nitrogen and oxygen atoms in total. The second-order valence-corrected chi connectivity index (χ2v) is 9.40. The molecule has 35 heavy (non-hydrogen) atoms. The highest BCUT2D eigenvalue weighted by Gasteiger charge is 2.33. The Balaban J connectivity index is 1.63. The number of nitrogens with zero attached hydrogens (tertiary/aromatic N) is 2. The molecule has 0 aromatic heterocycles. The van der Waals surface area contributed by atoms with Crippen molar-refractivity contribution < 1.29 is 14.7 Å². The second-order valence-electron chi connectivity index (χ2n) is 9.40. The molecule has 1 aliphatic rings. The third kappa shape index (κ3) is 5.48. The molecule has 180 valence electrons. The number of amides is 1. The predicted molar refractivity (Wildman–Crippen MR) is 136 cm³/mol. The van der Waals surface area contributed by atoms with Gasteiger partial charge in [0.15, 0.2) is 0 Å². The number of carboxylic acid groups (broad SMARTS) is 1. The van der Waals surface area contributed by atoms with Crippen LogP contribution >= 0.6 is 0 Å². The lowest BCUT2D eigenvalue weighted by molar-refractivity contribution is -0.133. The lowest BCUT2D eigenvalue weighted by Crippen LogP contribution is -2.41. The van der Waals surface area contributed by atoms with Gasteiger partial charge in [-0.15, -0.1) is 0 Å². The van der Waals surface area contributed by atoms with E-state index in [1.165, 1.54) is 5.56 Å². The molecule has 1 heterocycles. The molecule has 1 saturated heterocycles. The molecule has 0 aliphatic carbocycles. The molecule has 0 saturated carbocycles. The maximum Gasteiger partial charge on any atom is 0.335 e. The summed E-state index contributed by atoms with van der Waals surface area (Å²) >= 11 is 0. The third-order valence-corrected chi connectivity index (χ3v) is 7.16. The van der Waals surface area contributed by atoms with Crippen molar-refractivity contribution in [1.82, 2.24) is 4.90 Å². The lowest BCUT2D eigenvalue weighted by atomic mass is 9.79. The predicted octanol–water partition coefficient (Wildman–Crippen LogP) is 5.89. The summed E-state index contributed by atoms with van der Waals surface area (Å²) in [6, 6.07) is 22.9. The maximum absolute atomic E-state index is 12.0. The van der Waals surface area contributed by atoms with Gasteiger partial charge in [0.1, 0.15) is 0 Å². The normalized spacial score (nSPS) is 17.6. The number of piperidine rings is 1. The summed E-state index contributed by atoms with van der Waals surface area (Å²) in [5.74, 6) is -0.785. The number of carbonyl (C=O) groups is 2. The van der Waals surface area contributed by atoms with Crippen molar-refractivity contribution in [1.29, 1.82) is 0 Å².